The van der Waals surface area contributed by atoms with Crippen molar-refractivity contribution in [1.29, 1.82) is 0 Å². The number of ether oxygens (including phenoxy) is 2. The maximum absolute atomic E-state index is 6.09. The summed E-state index contributed by atoms with van der Waals surface area (Å²) in [5.74, 6) is 1.41. The first-order valence-corrected chi connectivity index (χ1v) is 7.54. The minimum atomic E-state index is 0.0360. The molecule has 112 valence electrons. The highest BCUT2D eigenvalue weighted by Gasteiger charge is 2.32. The van der Waals surface area contributed by atoms with Crippen molar-refractivity contribution in [1.82, 2.24) is 0 Å². The summed E-state index contributed by atoms with van der Waals surface area (Å²) in [6.07, 6.45) is 4.64. The molecule has 1 fully saturated rings. The van der Waals surface area contributed by atoms with E-state index >= 15 is 0 Å². The van der Waals surface area contributed by atoms with E-state index in [0.29, 0.717) is 18.6 Å². The maximum atomic E-state index is 6.09. The van der Waals surface area contributed by atoms with Gasteiger partial charge in [0.05, 0.1) is 18.8 Å². The molecule has 3 nitrogen and oxygen atoms in total. The first-order valence-electron chi connectivity index (χ1n) is 7.54. The van der Waals surface area contributed by atoms with Crippen LogP contribution in [0.25, 0.3) is 0 Å². The van der Waals surface area contributed by atoms with E-state index in [1.54, 1.807) is 7.11 Å². The molecule has 1 aliphatic rings. The summed E-state index contributed by atoms with van der Waals surface area (Å²) >= 11 is 0. The van der Waals surface area contributed by atoms with Gasteiger partial charge in [-0.3, -0.25) is 0 Å². The highest BCUT2D eigenvalue weighted by molar-refractivity contribution is 5.33. The van der Waals surface area contributed by atoms with Crippen LogP contribution in [-0.2, 0) is 11.2 Å². The van der Waals surface area contributed by atoms with Gasteiger partial charge in [0, 0.05) is 0 Å². The second-order valence-corrected chi connectivity index (χ2v) is 6.39. The summed E-state index contributed by atoms with van der Waals surface area (Å²) in [5, 5.41) is 0. The molecule has 0 saturated carbocycles. The number of nitrogens with two attached hydrogens (primary N) is 1. The third kappa shape index (κ3) is 3.97. The van der Waals surface area contributed by atoms with Crippen LogP contribution >= 0.6 is 0 Å². The Morgan fingerprint density at radius 1 is 1.40 bits per heavy atom. The van der Waals surface area contributed by atoms with Crippen LogP contribution in [0.4, 0.5) is 0 Å². The molecule has 20 heavy (non-hydrogen) atoms. The molecule has 3 heteroatoms. The molecule has 0 spiro atoms. The lowest BCUT2D eigenvalue weighted by Crippen LogP contribution is -2.25. The van der Waals surface area contributed by atoms with E-state index in [0.717, 1.165) is 31.4 Å². The second-order valence-electron chi connectivity index (χ2n) is 6.39. The highest BCUT2D eigenvalue weighted by Crippen LogP contribution is 2.33. The minimum absolute atomic E-state index is 0.0360. The van der Waals surface area contributed by atoms with E-state index in [4.69, 9.17) is 15.2 Å². The summed E-state index contributed by atoms with van der Waals surface area (Å²) in [6, 6.07) is 8.20. The molecule has 0 bridgehead atoms. The van der Waals surface area contributed by atoms with Gasteiger partial charge in [0.25, 0.3) is 0 Å². The van der Waals surface area contributed by atoms with E-state index < -0.39 is 0 Å². The van der Waals surface area contributed by atoms with Gasteiger partial charge in [0.1, 0.15) is 5.75 Å². The number of hydrogen-bond donors (Lipinski definition) is 1. The molecule has 2 rings (SSSR count). The van der Waals surface area contributed by atoms with Crippen LogP contribution in [-0.4, -0.2) is 25.4 Å². The summed E-state index contributed by atoms with van der Waals surface area (Å²) < 4.78 is 11.5. The average Bonchev–Trinajstić information content (AvgIpc) is 2.77. The number of benzene rings is 1. The molecule has 1 saturated heterocycles. The Hall–Kier alpha value is -1.06. The smallest absolute Gasteiger partial charge is 0.122 e. The van der Waals surface area contributed by atoms with Crippen LogP contribution in [0.3, 0.4) is 0 Å². The predicted molar refractivity (Wildman–Crippen MR) is 82.0 cm³/mol. The van der Waals surface area contributed by atoms with Crippen molar-refractivity contribution >= 4 is 0 Å². The van der Waals surface area contributed by atoms with E-state index in [2.05, 4.69) is 26.0 Å². The Kier molecular flexibility index (Phi) is 5.06. The first-order chi connectivity index (χ1) is 9.54. The van der Waals surface area contributed by atoms with Crippen molar-refractivity contribution in [3.05, 3.63) is 29.8 Å². The minimum Gasteiger partial charge on any atom is -0.496 e. The third-order valence-electron chi connectivity index (χ3n) is 4.18. The molecule has 2 unspecified atom stereocenters. The fourth-order valence-corrected chi connectivity index (χ4v) is 3.06. The first kappa shape index (κ1) is 15.3. The Bertz CT molecular complexity index is 431. The van der Waals surface area contributed by atoms with E-state index in [1.807, 2.05) is 12.1 Å². The van der Waals surface area contributed by atoms with Crippen molar-refractivity contribution in [3.8, 4) is 5.75 Å². The monoisotopic (exact) mass is 277 g/mol. The van der Waals surface area contributed by atoms with Gasteiger partial charge >= 0.3 is 0 Å². The molecule has 2 atom stereocenters. The largest absolute Gasteiger partial charge is 0.496 e. The Labute approximate surface area is 122 Å². The number of methoxy groups -OCH3 is 1. The van der Waals surface area contributed by atoms with Crippen molar-refractivity contribution in [2.24, 2.45) is 11.7 Å². The normalized spacial score (nSPS) is 22.7. The predicted octanol–water partition coefficient (Wildman–Crippen LogP) is 3.16. The van der Waals surface area contributed by atoms with Crippen LogP contribution in [0.2, 0.25) is 0 Å². The van der Waals surface area contributed by atoms with Gasteiger partial charge in [0.15, 0.2) is 0 Å². The molecule has 0 aliphatic carbocycles. The number of hydrogen-bond acceptors (Lipinski definition) is 3. The van der Waals surface area contributed by atoms with Crippen LogP contribution in [0.1, 0.15) is 38.7 Å². The highest BCUT2D eigenvalue weighted by atomic mass is 16.5. The van der Waals surface area contributed by atoms with Crippen LogP contribution in [0.15, 0.2) is 24.3 Å². The van der Waals surface area contributed by atoms with Crippen LogP contribution < -0.4 is 10.5 Å². The molecular formula is C17H27NO2. The zero-order valence-corrected chi connectivity index (χ0v) is 12.9. The summed E-state index contributed by atoms with van der Waals surface area (Å²) in [5.41, 5.74) is 7.24. The zero-order chi connectivity index (χ0) is 14.6. The zero-order valence-electron chi connectivity index (χ0n) is 12.9. The molecule has 1 aromatic carbocycles. The fourth-order valence-electron chi connectivity index (χ4n) is 3.06. The summed E-state index contributed by atoms with van der Waals surface area (Å²) in [6.45, 7) is 5.04. The number of rotatable bonds is 6. The van der Waals surface area contributed by atoms with Crippen molar-refractivity contribution < 1.29 is 9.47 Å². The average molecular weight is 277 g/mol. The third-order valence-corrected chi connectivity index (χ3v) is 4.18. The Morgan fingerprint density at radius 2 is 2.15 bits per heavy atom. The molecule has 1 heterocycles. The van der Waals surface area contributed by atoms with Crippen molar-refractivity contribution in [2.75, 3.05) is 13.7 Å². The molecule has 0 aromatic heterocycles. The Morgan fingerprint density at radius 3 is 2.75 bits per heavy atom. The fraction of sp³-hybridized carbons (Fsp3) is 0.647. The van der Waals surface area contributed by atoms with Gasteiger partial charge < -0.3 is 15.2 Å². The van der Waals surface area contributed by atoms with Gasteiger partial charge in [0.2, 0.25) is 0 Å². The van der Waals surface area contributed by atoms with Crippen molar-refractivity contribution in [2.45, 2.75) is 51.2 Å². The molecule has 0 amide bonds. The number of para-hydroxylation sites is 1. The quantitative estimate of drug-likeness (QED) is 0.868. The maximum Gasteiger partial charge on any atom is 0.122 e. The molecule has 0 radical (unpaired) electrons. The second kappa shape index (κ2) is 6.59. The Balaban J connectivity index is 1.95. The van der Waals surface area contributed by atoms with Crippen LogP contribution in [0, 0.1) is 5.92 Å². The lowest BCUT2D eigenvalue weighted by molar-refractivity contribution is -0.0241. The SMILES string of the molecule is COc1ccccc1CC(CN)CC1CCC(C)(C)O1. The van der Waals surface area contributed by atoms with E-state index in [-0.39, 0.29) is 5.60 Å². The molecule has 2 N–H and O–H groups in total. The lowest BCUT2D eigenvalue weighted by Gasteiger charge is -2.23. The van der Waals surface area contributed by atoms with E-state index in [9.17, 15) is 0 Å². The molecule has 1 aliphatic heterocycles. The van der Waals surface area contributed by atoms with Gasteiger partial charge in [-0.2, -0.15) is 0 Å². The topological polar surface area (TPSA) is 44.5 Å². The molecular weight excluding hydrogens is 250 g/mol. The molecule has 1 aromatic rings. The van der Waals surface area contributed by atoms with Gasteiger partial charge in [-0.05, 0) is 63.6 Å². The summed E-state index contributed by atoms with van der Waals surface area (Å²) in [7, 11) is 1.72. The standard InChI is InChI=1S/C17H27NO2/c1-17(2)9-8-15(20-17)11-13(12-18)10-14-6-4-5-7-16(14)19-3/h4-7,13,15H,8-12,18H2,1-3H3. The van der Waals surface area contributed by atoms with Gasteiger partial charge in [-0.1, -0.05) is 18.2 Å². The van der Waals surface area contributed by atoms with E-state index in [1.165, 1.54) is 5.56 Å². The van der Waals surface area contributed by atoms with Gasteiger partial charge in [-0.15, -0.1) is 0 Å². The lowest BCUT2D eigenvalue weighted by atomic mass is 9.92. The summed E-state index contributed by atoms with van der Waals surface area (Å²) in [4.78, 5) is 0. The van der Waals surface area contributed by atoms with Crippen LogP contribution in [0.5, 0.6) is 5.75 Å². The van der Waals surface area contributed by atoms with Crippen molar-refractivity contribution in [3.63, 3.8) is 0 Å². The van der Waals surface area contributed by atoms with Gasteiger partial charge in [-0.25, -0.2) is 0 Å².